The highest BCUT2D eigenvalue weighted by atomic mass is 16.7. The van der Waals surface area contributed by atoms with Gasteiger partial charge in [0.1, 0.15) is 17.2 Å². The van der Waals surface area contributed by atoms with Gasteiger partial charge in [0.15, 0.2) is 0 Å². The standard InChI is InChI=1S/C29H32N2O3/c1-5-6-15-27-30-24-12-8-9-13-25(24)31(27)20-21-16-18-22(19-17-21)23-11-7-10-14-26(23)33-28(32)34-29(2,3)4/h7-14,16-19H,5-6,15,20H2,1-4H3. The summed E-state index contributed by atoms with van der Waals surface area (Å²) in [4.78, 5) is 17.1. The van der Waals surface area contributed by atoms with E-state index >= 15 is 0 Å². The Morgan fingerprint density at radius 3 is 2.38 bits per heavy atom. The van der Waals surface area contributed by atoms with Crippen LogP contribution in [0.3, 0.4) is 0 Å². The van der Waals surface area contributed by atoms with E-state index in [1.54, 1.807) is 6.07 Å². The van der Waals surface area contributed by atoms with Gasteiger partial charge in [-0.25, -0.2) is 9.78 Å². The smallest absolute Gasteiger partial charge is 0.428 e. The van der Waals surface area contributed by atoms with Crippen LogP contribution in [0.25, 0.3) is 22.2 Å². The average molecular weight is 457 g/mol. The summed E-state index contributed by atoms with van der Waals surface area (Å²) < 4.78 is 13.2. The molecule has 176 valence electrons. The molecule has 34 heavy (non-hydrogen) atoms. The first-order chi connectivity index (χ1) is 16.3. The molecule has 4 aromatic rings. The average Bonchev–Trinajstić information content (AvgIpc) is 3.14. The molecule has 0 aliphatic heterocycles. The summed E-state index contributed by atoms with van der Waals surface area (Å²) in [7, 11) is 0. The SMILES string of the molecule is CCCCc1nc2ccccc2n1Cc1ccc(-c2ccccc2OC(=O)OC(C)(C)C)cc1. The molecule has 0 atom stereocenters. The van der Waals surface area contributed by atoms with Crippen LogP contribution >= 0.6 is 0 Å². The van der Waals surface area contributed by atoms with E-state index in [2.05, 4.69) is 54.0 Å². The monoisotopic (exact) mass is 456 g/mol. The zero-order chi connectivity index (χ0) is 24.1. The van der Waals surface area contributed by atoms with Gasteiger partial charge in [0.2, 0.25) is 0 Å². The van der Waals surface area contributed by atoms with Crippen LogP contribution in [0.15, 0.2) is 72.8 Å². The number of carbonyl (C=O) groups is 1. The Morgan fingerprint density at radius 1 is 0.941 bits per heavy atom. The van der Waals surface area contributed by atoms with Crippen molar-refractivity contribution < 1.29 is 14.3 Å². The molecule has 0 aliphatic rings. The van der Waals surface area contributed by atoms with Crippen LogP contribution in [0.4, 0.5) is 4.79 Å². The molecule has 0 saturated carbocycles. The van der Waals surface area contributed by atoms with Crippen molar-refractivity contribution in [3.8, 4) is 16.9 Å². The lowest BCUT2D eigenvalue weighted by molar-refractivity contribution is 0.0207. The second-order valence-corrected chi connectivity index (χ2v) is 9.47. The van der Waals surface area contributed by atoms with Gasteiger partial charge in [-0.1, -0.05) is 67.9 Å². The molecule has 5 nitrogen and oxygen atoms in total. The first kappa shape index (κ1) is 23.6. The fraction of sp³-hybridized carbons (Fsp3) is 0.310. The minimum atomic E-state index is -0.705. The lowest BCUT2D eigenvalue weighted by Gasteiger charge is -2.19. The van der Waals surface area contributed by atoms with E-state index in [-0.39, 0.29) is 0 Å². The number of hydrogen-bond acceptors (Lipinski definition) is 4. The number of imidazole rings is 1. The largest absolute Gasteiger partial charge is 0.514 e. The minimum absolute atomic E-state index is 0.479. The van der Waals surface area contributed by atoms with Crippen LogP contribution in [0.5, 0.6) is 5.75 Å². The fourth-order valence-corrected chi connectivity index (χ4v) is 3.95. The normalized spacial score (nSPS) is 11.5. The van der Waals surface area contributed by atoms with Crippen LogP contribution in [-0.4, -0.2) is 21.3 Å². The van der Waals surface area contributed by atoms with Crippen molar-refractivity contribution >= 4 is 17.2 Å². The van der Waals surface area contributed by atoms with Crippen LogP contribution in [0, 0.1) is 0 Å². The summed E-state index contributed by atoms with van der Waals surface area (Å²) in [5, 5.41) is 0. The number of benzene rings is 3. The number of aryl methyl sites for hydroxylation is 1. The number of nitrogens with zero attached hydrogens (tertiary/aromatic N) is 2. The Labute approximate surface area is 201 Å². The summed E-state index contributed by atoms with van der Waals surface area (Å²) in [5.74, 6) is 1.61. The summed E-state index contributed by atoms with van der Waals surface area (Å²) in [5.41, 5.74) is 4.60. The fourth-order valence-electron chi connectivity index (χ4n) is 3.95. The Balaban J connectivity index is 1.57. The van der Waals surface area contributed by atoms with Crippen molar-refractivity contribution in [1.82, 2.24) is 9.55 Å². The molecule has 0 radical (unpaired) electrons. The summed E-state index contributed by atoms with van der Waals surface area (Å²) in [6, 6.07) is 24.2. The number of ether oxygens (including phenoxy) is 2. The van der Waals surface area contributed by atoms with E-state index in [0.29, 0.717) is 5.75 Å². The molecule has 0 aliphatic carbocycles. The van der Waals surface area contributed by atoms with Gasteiger partial charge >= 0.3 is 6.16 Å². The van der Waals surface area contributed by atoms with Crippen molar-refractivity contribution in [2.24, 2.45) is 0 Å². The molecule has 3 aromatic carbocycles. The van der Waals surface area contributed by atoms with Crippen LogP contribution < -0.4 is 4.74 Å². The number of hydrogen-bond donors (Lipinski definition) is 0. The molecule has 0 unspecified atom stereocenters. The molecule has 5 heteroatoms. The van der Waals surface area contributed by atoms with E-state index in [0.717, 1.165) is 53.8 Å². The highest BCUT2D eigenvalue weighted by Crippen LogP contribution is 2.31. The van der Waals surface area contributed by atoms with Gasteiger partial charge in [0.05, 0.1) is 11.0 Å². The Kier molecular flexibility index (Phi) is 7.01. The van der Waals surface area contributed by atoms with Crippen LogP contribution in [-0.2, 0) is 17.7 Å². The van der Waals surface area contributed by atoms with E-state index in [4.69, 9.17) is 14.5 Å². The van der Waals surface area contributed by atoms with E-state index in [1.165, 1.54) is 5.56 Å². The van der Waals surface area contributed by atoms with E-state index in [9.17, 15) is 4.79 Å². The van der Waals surface area contributed by atoms with Gasteiger partial charge in [0.25, 0.3) is 0 Å². The molecule has 4 rings (SSSR count). The molecule has 0 spiro atoms. The Hall–Kier alpha value is -3.60. The van der Waals surface area contributed by atoms with Crippen molar-refractivity contribution in [1.29, 1.82) is 0 Å². The van der Waals surface area contributed by atoms with Gasteiger partial charge < -0.3 is 14.0 Å². The van der Waals surface area contributed by atoms with Crippen molar-refractivity contribution in [2.45, 2.75) is 59.1 Å². The molecule has 0 amide bonds. The number of aromatic nitrogens is 2. The molecule has 1 heterocycles. The molecular weight excluding hydrogens is 424 g/mol. The van der Waals surface area contributed by atoms with Gasteiger partial charge in [-0.05, 0) is 56.5 Å². The zero-order valence-corrected chi connectivity index (χ0v) is 20.4. The lowest BCUT2D eigenvalue weighted by Crippen LogP contribution is -2.26. The van der Waals surface area contributed by atoms with E-state index < -0.39 is 11.8 Å². The number of carbonyl (C=O) groups excluding carboxylic acids is 1. The molecule has 0 saturated heterocycles. The highest BCUT2D eigenvalue weighted by Gasteiger charge is 2.19. The van der Waals surface area contributed by atoms with Crippen LogP contribution in [0.1, 0.15) is 51.9 Å². The quantitative estimate of drug-likeness (QED) is 0.215. The zero-order valence-electron chi connectivity index (χ0n) is 20.4. The Morgan fingerprint density at radius 2 is 1.65 bits per heavy atom. The van der Waals surface area contributed by atoms with Gasteiger partial charge in [0, 0.05) is 18.5 Å². The Bertz CT molecular complexity index is 1270. The highest BCUT2D eigenvalue weighted by molar-refractivity contribution is 5.76. The van der Waals surface area contributed by atoms with Gasteiger partial charge in [-0.15, -0.1) is 0 Å². The third-order valence-corrected chi connectivity index (χ3v) is 5.56. The third-order valence-electron chi connectivity index (χ3n) is 5.56. The van der Waals surface area contributed by atoms with Crippen molar-refractivity contribution in [3.05, 3.63) is 84.2 Å². The predicted octanol–water partition coefficient (Wildman–Crippen LogP) is 7.41. The molecule has 0 N–H and O–H groups in total. The summed E-state index contributed by atoms with van der Waals surface area (Å²) in [6.45, 7) is 8.41. The summed E-state index contributed by atoms with van der Waals surface area (Å²) >= 11 is 0. The minimum Gasteiger partial charge on any atom is -0.428 e. The molecular formula is C29H32N2O3. The number of fused-ring (bicyclic) bond motifs is 1. The topological polar surface area (TPSA) is 53.4 Å². The van der Waals surface area contributed by atoms with Gasteiger partial charge in [-0.3, -0.25) is 0 Å². The second-order valence-electron chi connectivity index (χ2n) is 9.47. The number of unbranched alkanes of at least 4 members (excludes halogenated alkanes) is 1. The molecule has 0 fully saturated rings. The van der Waals surface area contributed by atoms with Crippen LogP contribution in [0.2, 0.25) is 0 Å². The lowest BCUT2D eigenvalue weighted by atomic mass is 10.0. The second kappa shape index (κ2) is 10.1. The predicted molar refractivity (Wildman–Crippen MR) is 136 cm³/mol. The molecule has 1 aromatic heterocycles. The first-order valence-electron chi connectivity index (χ1n) is 11.9. The van der Waals surface area contributed by atoms with Crippen molar-refractivity contribution in [3.63, 3.8) is 0 Å². The maximum atomic E-state index is 12.2. The van der Waals surface area contributed by atoms with Crippen molar-refractivity contribution in [2.75, 3.05) is 0 Å². The van der Waals surface area contributed by atoms with Gasteiger partial charge in [-0.2, -0.15) is 0 Å². The number of rotatable bonds is 7. The summed E-state index contributed by atoms with van der Waals surface area (Å²) in [6.07, 6.45) is 2.53. The van der Waals surface area contributed by atoms with E-state index in [1.807, 2.05) is 45.0 Å². The third kappa shape index (κ3) is 5.66. The molecule has 0 bridgehead atoms. The maximum Gasteiger partial charge on any atom is 0.514 e. The number of para-hydroxylation sites is 3. The maximum absolute atomic E-state index is 12.2. The first-order valence-corrected chi connectivity index (χ1v) is 11.9.